The Kier molecular flexibility index (Phi) is 3.60. The summed E-state index contributed by atoms with van der Waals surface area (Å²) in [6.07, 6.45) is 0. The molecule has 9 heteroatoms. The second-order valence-corrected chi connectivity index (χ2v) is 3.62. The van der Waals surface area contributed by atoms with Crippen LogP contribution < -0.4 is 4.74 Å². The number of para-hydroxylation sites is 1. The van der Waals surface area contributed by atoms with Crippen LogP contribution in [0.2, 0.25) is 0 Å². The van der Waals surface area contributed by atoms with Gasteiger partial charge in [0.1, 0.15) is 6.61 Å². The van der Waals surface area contributed by atoms with Crippen molar-refractivity contribution in [1.82, 2.24) is 5.16 Å². The molecule has 1 aromatic heterocycles. The summed E-state index contributed by atoms with van der Waals surface area (Å²) in [5.74, 6) is -2.75. The summed E-state index contributed by atoms with van der Waals surface area (Å²) in [4.78, 5) is 20.5. The number of hydrogen-bond acceptors (Lipinski definition) is 6. The van der Waals surface area contributed by atoms with Crippen LogP contribution in [0.4, 0.5) is 10.1 Å². The molecule has 1 aromatic carbocycles. The molecule has 20 heavy (non-hydrogen) atoms. The van der Waals surface area contributed by atoms with Crippen LogP contribution in [0.3, 0.4) is 0 Å². The van der Waals surface area contributed by atoms with E-state index in [1.165, 1.54) is 6.07 Å². The van der Waals surface area contributed by atoms with Gasteiger partial charge in [0.15, 0.2) is 17.3 Å². The minimum atomic E-state index is -1.29. The van der Waals surface area contributed by atoms with Crippen LogP contribution in [0.25, 0.3) is 0 Å². The predicted octanol–water partition coefficient (Wildman–Crippen LogP) is 2.00. The summed E-state index contributed by atoms with van der Waals surface area (Å²) in [7, 11) is 0. The Morgan fingerprint density at radius 1 is 1.55 bits per heavy atom. The maximum absolute atomic E-state index is 13.5. The van der Waals surface area contributed by atoms with Crippen LogP contribution in [0.1, 0.15) is 16.2 Å². The first-order chi connectivity index (χ1) is 9.49. The second kappa shape index (κ2) is 5.34. The SMILES string of the molecule is O=C(O)c1cc(COc2c(F)cccc2[N+](=O)[O-])on1. The molecule has 8 nitrogen and oxygen atoms in total. The van der Waals surface area contributed by atoms with E-state index in [9.17, 15) is 19.3 Å². The smallest absolute Gasteiger partial charge is 0.358 e. The Morgan fingerprint density at radius 2 is 2.30 bits per heavy atom. The molecule has 2 rings (SSSR count). The molecule has 0 aliphatic rings. The van der Waals surface area contributed by atoms with Crippen LogP contribution in [0.15, 0.2) is 28.8 Å². The monoisotopic (exact) mass is 282 g/mol. The second-order valence-electron chi connectivity index (χ2n) is 3.62. The first kappa shape index (κ1) is 13.5. The van der Waals surface area contributed by atoms with Gasteiger partial charge in [0, 0.05) is 12.1 Å². The number of aromatic nitrogens is 1. The fourth-order valence-electron chi connectivity index (χ4n) is 1.41. The van der Waals surface area contributed by atoms with Crippen molar-refractivity contribution in [2.75, 3.05) is 0 Å². The van der Waals surface area contributed by atoms with Crippen molar-refractivity contribution in [1.29, 1.82) is 0 Å². The quantitative estimate of drug-likeness (QED) is 0.658. The van der Waals surface area contributed by atoms with Gasteiger partial charge in [-0.25, -0.2) is 9.18 Å². The summed E-state index contributed by atoms with van der Waals surface area (Å²) in [5.41, 5.74) is -0.880. The van der Waals surface area contributed by atoms with Gasteiger partial charge in [0.05, 0.1) is 4.92 Å². The molecule has 0 fully saturated rings. The van der Waals surface area contributed by atoms with E-state index in [0.29, 0.717) is 0 Å². The van der Waals surface area contributed by atoms with Gasteiger partial charge in [0.25, 0.3) is 0 Å². The largest absolute Gasteiger partial charge is 0.476 e. The predicted molar refractivity (Wildman–Crippen MR) is 60.8 cm³/mol. The zero-order valence-electron chi connectivity index (χ0n) is 9.78. The van der Waals surface area contributed by atoms with Crippen LogP contribution >= 0.6 is 0 Å². The topological polar surface area (TPSA) is 116 Å². The Morgan fingerprint density at radius 3 is 2.90 bits per heavy atom. The van der Waals surface area contributed by atoms with E-state index in [1.54, 1.807) is 0 Å². The highest BCUT2D eigenvalue weighted by atomic mass is 19.1. The maximum atomic E-state index is 13.5. The number of ether oxygens (including phenoxy) is 1. The van der Waals surface area contributed by atoms with Crippen molar-refractivity contribution < 1.29 is 28.5 Å². The first-order valence-electron chi connectivity index (χ1n) is 5.23. The van der Waals surface area contributed by atoms with E-state index >= 15 is 0 Å². The fraction of sp³-hybridized carbons (Fsp3) is 0.0909. The standard InChI is InChI=1S/C11H7FN2O6/c12-7-2-1-3-9(14(17)18)10(7)19-5-6-4-8(11(15)16)13-20-6/h1-4H,5H2,(H,15,16). The number of carboxylic acid groups (broad SMARTS) is 1. The minimum Gasteiger partial charge on any atom is -0.476 e. The minimum absolute atomic E-state index is 0.0000454. The number of aromatic carboxylic acids is 1. The number of rotatable bonds is 5. The highest BCUT2D eigenvalue weighted by Gasteiger charge is 2.20. The van der Waals surface area contributed by atoms with E-state index in [-0.39, 0.29) is 18.1 Å². The van der Waals surface area contributed by atoms with Gasteiger partial charge in [0.2, 0.25) is 5.75 Å². The van der Waals surface area contributed by atoms with Gasteiger partial charge in [-0.1, -0.05) is 11.2 Å². The van der Waals surface area contributed by atoms with Crippen molar-refractivity contribution in [2.45, 2.75) is 6.61 Å². The zero-order valence-corrected chi connectivity index (χ0v) is 9.78. The first-order valence-corrected chi connectivity index (χ1v) is 5.23. The van der Waals surface area contributed by atoms with E-state index in [4.69, 9.17) is 9.84 Å². The molecule has 1 heterocycles. The number of hydrogen-bond donors (Lipinski definition) is 1. The highest BCUT2D eigenvalue weighted by Crippen LogP contribution is 2.30. The normalized spacial score (nSPS) is 10.2. The highest BCUT2D eigenvalue weighted by molar-refractivity contribution is 5.85. The molecule has 0 bridgehead atoms. The molecular weight excluding hydrogens is 275 g/mol. The summed E-state index contributed by atoms with van der Waals surface area (Å²) in [6, 6.07) is 4.35. The van der Waals surface area contributed by atoms with Gasteiger partial charge >= 0.3 is 11.7 Å². The van der Waals surface area contributed by atoms with E-state index in [0.717, 1.165) is 18.2 Å². The molecule has 0 spiro atoms. The van der Waals surface area contributed by atoms with Gasteiger partial charge in [-0.2, -0.15) is 0 Å². The number of halogens is 1. The molecule has 0 radical (unpaired) electrons. The lowest BCUT2D eigenvalue weighted by atomic mass is 10.3. The van der Waals surface area contributed by atoms with E-state index < -0.39 is 28.1 Å². The van der Waals surface area contributed by atoms with Crippen molar-refractivity contribution in [3.8, 4) is 5.75 Å². The van der Waals surface area contributed by atoms with Gasteiger partial charge in [-0.3, -0.25) is 10.1 Å². The molecule has 0 saturated heterocycles. The molecule has 0 aliphatic heterocycles. The molecule has 104 valence electrons. The number of nitro benzene ring substituents is 1. The lowest BCUT2D eigenvalue weighted by Crippen LogP contribution is -2.00. The number of carboxylic acids is 1. The van der Waals surface area contributed by atoms with Crippen LogP contribution in [-0.2, 0) is 6.61 Å². The third-order valence-corrected chi connectivity index (χ3v) is 2.28. The Hall–Kier alpha value is -2.97. The van der Waals surface area contributed by atoms with Gasteiger partial charge in [-0.05, 0) is 6.07 Å². The van der Waals surface area contributed by atoms with Gasteiger partial charge in [-0.15, -0.1) is 0 Å². The Labute approximate surface area is 110 Å². The molecule has 0 amide bonds. The number of carbonyl (C=O) groups is 1. The van der Waals surface area contributed by atoms with E-state index in [2.05, 4.69) is 9.68 Å². The summed E-state index contributed by atoms with van der Waals surface area (Å²) >= 11 is 0. The van der Waals surface area contributed by atoms with Crippen LogP contribution in [0.5, 0.6) is 5.75 Å². The summed E-state index contributed by atoms with van der Waals surface area (Å²) in [5, 5.41) is 22.6. The number of benzene rings is 1. The Balaban J connectivity index is 2.18. The van der Waals surface area contributed by atoms with Crippen molar-refractivity contribution in [2.24, 2.45) is 0 Å². The maximum Gasteiger partial charge on any atom is 0.358 e. The molecule has 2 aromatic rings. The van der Waals surface area contributed by atoms with Crippen molar-refractivity contribution in [3.05, 3.63) is 51.7 Å². The van der Waals surface area contributed by atoms with Gasteiger partial charge < -0.3 is 14.4 Å². The molecule has 1 N–H and O–H groups in total. The van der Waals surface area contributed by atoms with Crippen molar-refractivity contribution in [3.63, 3.8) is 0 Å². The van der Waals surface area contributed by atoms with Crippen molar-refractivity contribution >= 4 is 11.7 Å². The molecule has 0 saturated carbocycles. The van der Waals surface area contributed by atoms with Crippen LogP contribution in [0, 0.1) is 15.9 Å². The average Bonchev–Trinajstić information content (AvgIpc) is 2.86. The third kappa shape index (κ3) is 2.71. The fourth-order valence-corrected chi connectivity index (χ4v) is 1.41. The summed E-state index contributed by atoms with van der Waals surface area (Å²) < 4.78 is 23.1. The van der Waals surface area contributed by atoms with Crippen LogP contribution in [-0.4, -0.2) is 21.2 Å². The molecule has 0 aliphatic carbocycles. The molecular formula is C11H7FN2O6. The number of nitro groups is 1. The zero-order chi connectivity index (χ0) is 14.7. The molecule has 0 unspecified atom stereocenters. The lowest BCUT2D eigenvalue weighted by Gasteiger charge is -2.05. The summed E-state index contributed by atoms with van der Waals surface area (Å²) in [6.45, 7) is -0.387. The van der Waals surface area contributed by atoms with E-state index in [1.807, 2.05) is 0 Å². The average molecular weight is 282 g/mol. The number of nitrogens with zero attached hydrogens (tertiary/aromatic N) is 2. The lowest BCUT2D eigenvalue weighted by molar-refractivity contribution is -0.386. The Bertz CT molecular complexity index is 669. The third-order valence-electron chi connectivity index (χ3n) is 2.28. The molecule has 0 atom stereocenters.